The summed E-state index contributed by atoms with van der Waals surface area (Å²) in [6.07, 6.45) is 2.74. The first-order valence-corrected chi connectivity index (χ1v) is 9.95. The van der Waals surface area contributed by atoms with E-state index in [0.29, 0.717) is 10.9 Å². The van der Waals surface area contributed by atoms with Gasteiger partial charge < -0.3 is 24.1 Å². The molecule has 0 saturated heterocycles. The highest BCUT2D eigenvalue weighted by atomic mass is 16.5. The lowest BCUT2D eigenvalue weighted by Crippen LogP contribution is -2.15. The van der Waals surface area contributed by atoms with E-state index in [1.165, 1.54) is 38.7 Å². The molecule has 0 amide bonds. The summed E-state index contributed by atoms with van der Waals surface area (Å²) in [4.78, 5) is 27.2. The molecule has 4 aromatic rings. The van der Waals surface area contributed by atoms with Gasteiger partial charge >= 0.3 is 0 Å². The highest BCUT2D eigenvalue weighted by Gasteiger charge is 2.31. The predicted octanol–water partition coefficient (Wildman–Crippen LogP) is 5.01. The molecule has 1 aromatic heterocycles. The number of fused-ring (bicyclic) bond motifs is 1. The number of furan rings is 1. The van der Waals surface area contributed by atoms with E-state index in [1.807, 2.05) is 0 Å². The number of hydrogen-bond acceptors (Lipinski definition) is 7. The van der Waals surface area contributed by atoms with Gasteiger partial charge in [0, 0.05) is 5.56 Å². The number of rotatable bonds is 7. The molecule has 1 heterocycles. The van der Waals surface area contributed by atoms with Gasteiger partial charge in [-0.15, -0.1) is 0 Å². The van der Waals surface area contributed by atoms with Crippen molar-refractivity contribution in [1.82, 2.24) is 0 Å². The summed E-state index contributed by atoms with van der Waals surface area (Å²) in [6, 6.07) is 16.0. The first-order chi connectivity index (χ1) is 16.0. The van der Waals surface area contributed by atoms with Crippen molar-refractivity contribution in [3.05, 3.63) is 89.2 Å². The van der Waals surface area contributed by atoms with Crippen LogP contribution in [-0.2, 0) is 0 Å². The Morgan fingerprint density at radius 2 is 1.61 bits per heavy atom. The maximum atomic E-state index is 13.8. The van der Waals surface area contributed by atoms with Crippen molar-refractivity contribution in [3.8, 4) is 23.0 Å². The minimum Gasteiger partial charge on any atom is -0.508 e. The highest BCUT2D eigenvalue weighted by Crippen LogP contribution is 2.46. The number of phenols is 2. The average molecular weight is 444 g/mol. The number of ketones is 2. The predicted molar refractivity (Wildman–Crippen MR) is 122 cm³/mol. The summed E-state index contributed by atoms with van der Waals surface area (Å²) in [5.41, 5.74) is 0.449. The molecule has 0 bridgehead atoms. The summed E-state index contributed by atoms with van der Waals surface area (Å²) in [7, 11) is 2.68. The molecule has 0 atom stereocenters. The lowest BCUT2D eigenvalue weighted by Gasteiger charge is -2.15. The van der Waals surface area contributed by atoms with E-state index in [1.54, 1.807) is 48.5 Å². The number of phenolic OH excluding ortho intramolecular Hbond substituents is 2. The Balaban J connectivity index is 1.97. The second-order valence-electron chi connectivity index (χ2n) is 7.13. The largest absolute Gasteiger partial charge is 0.508 e. The van der Waals surface area contributed by atoms with Crippen LogP contribution in [-0.4, -0.2) is 36.0 Å². The molecule has 0 unspecified atom stereocenters. The smallest absolute Gasteiger partial charge is 0.205 e. The van der Waals surface area contributed by atoms with Crippen LogP contribution in [0.4, 0.5) is 0 Å². The molecule has 0 fully saturated rings. The number of methoxy groups -OCH3 is 2. The highest BCUT2D eigenvalue weighted by molar-refractivity contribution is 6.35. The molecule has 7 heteroatoms. The van der Waals surface area contributed by atoms with Crippen molar-refractivity contribution in [2.45, 2.75) is 0 Å². The molecule has 166 valence electrons. The molecule has 0 aliphatic carbocycles. The Morgan fingerprint density at radius 3 is 2.27 bits per heavy atom. The maximum Gasteiger partial charge on any atom is 0.205 e. The van der Waals surface area contributed by atoms with Crippen molar-refractivity contribution in [1.29, 1.82) is 0 Å². The number of carbonyl (C=O) groups excluding carboxylic acids is 2. The van der Waals surface area contributed by atoms with Crippen LogP contribution in [0, 0.1) is 0 Å². The molecule has 3 aromatic carbocycles. The zero-order valence-electron chi connectivity index (χ0n) is 17.9. The van der Waals surface area contributed by atoms with Gasteiger partial charge in [0.1, 0.15) is 17.1 Å². The average Bonchev–Trinajstić information content (AvgIpc) is 3.31. The van der Waals surface area contributed by atoms with E-state index in [9.17, 15) is 19.8 Å². The Morgan fingerprint density at radius 1 is 0.879 bits per heavy atom. The van der Waals surface area contributed by atoms with E-state index in [0.717, 1.165) is 0 Å². The molecule has 4 rings (SSSR count). The number of ether oxygens (including phenoxy) is 2. The first kappa shape index (κ1) is 21.7. The summed E-state index contributed by atoms with van der Waals surface area (Å²) in [5.74, 6) is -1.87. The van der Waals surface area contributed by atoms with Crippen LogP contribution in [0.2, 0.25) is 0 Å². The van der Waals surface area contributed by atoms with Crippen molar-refractivity contribution in [2.24, 2.45) is 0 Å². The molecule has 0 radical (unpaired) electrons. The van der Waals surface area contributed by atoms with Gasteiger partial charge in [0.25, 0.3) is 0 Å². The van der Waals surface area contributed by atoms with Crippen LogP contribution in [0.15, 0.2) is 76.9 Å². The van der Waals surface area contributed by atoms with Crippen LogP contribution < -0.4 is 9.47 Å². The van der Waals surface area contributed by atoms with Crippen molar-refractivity contribution in [2.75, 3.05) is 14.2 Å². The fourth-order valence-corrected chi connectivity index (χ4v) is 3.63. The molecule has 0 spiro atoms. The van der Waals surface area contributed by atoms with Gasteiger partial charge in [-0.2, -0.15) is 0 Å². The maximum absolute atomic E-state index is 13.8. The molecule has 2 N–H and O–H groups in total. The number of aromatic hydroxyl groups is 2. The van der Waals surface area contributed by atoms with Gasteiger partial charge in [-0.05, 0) is 29.8 Å². The van der Waals surface area contributed by atoms with Crippen molar-refractivity contribution >= 4 is 28.6 Å². The summed E-state index contributed by atoms with van der Waals surface area (Å²) in [6.45, 7) is 0. The van der Waals surface area contributed by atoms with Crippen LogP contribution in [0.3, 0.4) is 0 Å². The fraction of sp³-hybridized carbons (Fsp3) is 0.0769. The number of hydrogen-bond donors (Lipinski definition) is 2. The minimum absolute atomic E-state index is 0.0235. The fourth-order valence-electron chi connectivity index (χ4n) is 3.63. The molecule has 7 nitrogen and oxygen atoms in total. The second-order valence-corrected chi connectivity index (χ2v) is 7.13. The topological polar surface area (TPSA) is 106 Å². The normalized spacial score (nSPS) is 11.4. The monoisotopic (exact) mass is 444 g/mol. The Bertz CT molecular complexity index is 1380. The summed E-state index contributed by atoms with van der Waals surface area (Å²) in [5, 5.41) is 21.2. The van der Waals surface area contributed by atoms with Gasteiger partial charge in [-0.3, -0.25) is 9.59 Å². The number of carbonyl (C=O) groups is 2. The van der Waals surface area contributed by atoms with Gasteiger partial charge in [-0.1, -0.05) is 42.5 Å². The SMILES string of the molecule is COc1c(C(=O)/C(=C/c2cccc(O)c2)C(=O)c2ccccc2)c(O)c(OC)c2occc12. The van der Waals surface area contributed by atoms with Gasteiger partial charge in [0.05, 0.1) is 31.4 Å². The van der Waals surface area contributed by atoms with Gasteiger partial charge in [0.15, 0.2) is 17.1 Å². The lowest BCUT2D eigenvalue weighted by atomic mass is 9.92. The Labute approximate surface area is 189 Å². The zero-order valence-corrected chi connectivity index (χ0v) is 17.9. The van der Waals surface area contributed by atoms with E-state index in [2.05, 4.69) is 0 Å². The van der Waals surface area contributed by atoms with E-state index >= 15 is 0 Å². The molecule has 0 aliphatic heterocycles. The van der Waals surface area contributed by atoms with Crippen LogP contribution >= 0.6 is 0 Å². The van der Waals surface area contributed by atoms with Crippen LogP contribution in [0.1, 0.15) is 26.3 Å². The van der Waals surface area contributed by atoms with Crippen LogP contribution in [0.25, 0.3) is 17.0 Å². The van der Waals surface area contributed by atoms with Crippen LogP contribution in [0.5, 0.6) is 23.0 Å². The zero-order chi connectivity index (χ0) is 23.5. The van der Waals surface area contributed by atoms with Gasteiger partial charge in [-0.25, -0.2) is 0 Å². The van der Waals surface area contributed by atoms with E-state index in [4.69, 9.17) is 13.9 Å². The third-order valence-corrected chi connectivity index (χ3v) is 5.14. The minimum atomic E-state index is -0.775. The molecular weight excluding hydrogens is 424 g/mol. The number of benzene rings is 3. The Kier molecular flexibility index (Phi) is 5.87. The molecule has 33 heavy (non-hydrogen) atoms. The second kappa shape index (κ2) is 8.92. The third-order valence-electron chi connectivity index (χ3n) is 5.14. The lowest BCUT2D eigenvalue weighted by molar-refractivity contribution is 0.0961. The van der Waals surface area contributed by atoms with Gasteiger partial charge in [0.2, 0.25) is 11.5 Å². The van der Waals surface area contributed by atoms with E-state index < -0.39 is 17.3 Å². The summed E-state index contributed by atoms with van der Waals surface area (Å²) < 4.78 is 16.1. The first-order valence-electron chi connectivity index (χ1n) is 9.95. The standard InChI is InChI=1S/C26H20O7/c1-31-24-18-11-12-33-25(18)26(32-2)23(30)20(24)22(29)19(14-15-7-6-10-17(27)13-15)21(28)16-8-4-3-5-9-16/h3-14,27,30H,1-2H3/b19-14+. The van der Waals surface area contributed by atoms with Crippen molar-refractivity contribution in [3.63, 3.8) is 0 Å². The third kappa shape index (κ3) is 3.92. The summed E-state index contributed by atoms with van der Waals surface area (Å²) >= 11 is 0. The van der Waals surface area contributed by atoms with E-state index in [-0.39, 0.29) is 39.5 Å². The molecule has 0 saturated carbocycles. The Hall–Kier alpha value is -4.52. The number of allylic oxidation sites excluding steroid dienone is 1. The quantitative estimate of drug-likeness (QED) is 0.179. The van der Waals surface area contributed by atoms with Crippen molar-refractivity contribution < 1.29 is 33.7 Å². The molecule has 0 aliphatic rings. The number of Topliss-reactive ketones (excluding diaryl/α,β-unsaturated/α-hetero) is 2. The molecular formula is C26H20O7.